The van der Waals surface area contributed by atoms with E-state index in [1.165, 1.54) is 20.7 Å². The molecule has 0 unspecified atom stereocenters. The van der Waals surface area contributed by atoms with Gasteiger partial charge in [0.15, 0.2) is 0 Å². The summed E-state index contributed by atoms with van der Waals surface area (Å²) in [7, 11) is 0. The van der Waals surface area contributed by atoms with E-state index in [4.69, 9.17) is 0 Å². The van der Waals surface area contributed by atoms with Gasteiger partial charge >= 0.3 is 5.69 Å². The van der Waals surface area contributed by atoms with Crippen LogP contribution >= 0.6 is 27.3 Å². The molecule has 1 aromatic carbocycles. The van der Waals surface area contributed by atoms with Crippen molar-refractivity contribution in [2.75, 3.05) is 0 Å². The van der Waals surface area contributed by atoms with E-state index in [0.29, 0.717) is 6.54 Å². The molecule has 3 aromatic rings. The van der Waals surface area contributed by atoms with Crippen LogP contribution in [0.2, 0.25) is 0 Å². The lowest BCUT2D eigenvalue weighted by Gasteiger charge is -2.01. The first-order valence-electron chi connectivity index (χ1n) is 5.56. The number of hydrogen-bond donors (Lipinski definition) is 0. The third-order valence-corrected chi connectivity index (χ3v) is 4.25. The highest BCUT2D eigenvalue weighted by Crippen LogP contribution is 2.16. The molecule has 2 heterocycles. The molecule has 96 valence electrons. The van der Waals surface area contributed by atoms with Gasteiger partial charge in [0.25, 0.3) is 0 Å². The number of thiophene rings is 1. The van der Waals surface area contributed by atoms with E-state index in [0.717, 1.165) is 15.0 Å². The molecule has 0 fully saturated rings. The molecule has 0 atom stereocenters. The molecule has 2 aromatic heterocycles. The minimum atomic E-state index is -0.238. The monoisotopic (exact) mass is 336 g/mol. The van der Waals surface area contributed by atoms with Gasteiger partial charge in [-0.25, -0.2) is 4.79 Å². The fraction of sp³-hybridized carbons (Fsp3) is 0.0833. The quantitative estimate of drug-likeness (QED) is 0.737. The van der Waals surface area contributed by atoms with Crippen molar-refractivity contribution >= 4 is 27.3 Å². The van der Waals surface area contributed by atoms with Gasteiger partial charge in [-0.1, -0.05) is 34.1 Å². The van der Waals surface area contributed by atoms with Crippen LogP contribution in [0, 0.1) is 0 Å². The maximum Gasteiger partial charge on any atom is 0.369 e. The summed E-state index contributed by atoms with van der Waals surface area (Å²) in [5, 5.41) is 10.5. The van der Waals surface area contributed by atoms with Crippen molar-refractivity contribution in [3.63, 3.8) is 0 Å². The minimum absolute atomic E-state index is 0.238. The van der Waals surface area contributed by atoms with Gasteiger partial charge in [-0.3, -0.25) is 0 Å². The lowest BCUT2D eigenvalue weighted by molar-refractivity contribution is 0.630. The van der Waals surface area contributed by atoms with Crippen molar-refractivity contribution in [3.8, 4) is 5.00 Å². The maximum absolute atomic E-state index is 12.2. The number of hydrogen-bond acceptors (Lipinski definition) is 4. The summed E-state index contributed by atoms with van der Waals surface area (Å²) in [6.07, 6.45) is 0. The van der Waals surface area contributed by atoms with Crippen molar-refractivity contribution in [1.82, 2.24) is 19.8 Å². The molecule has 0 amide bonds. The summed E-state index contributed by atoms with van der Waals surface area (Å²) < 4.78 is 3.61. The van der Waals surface area contributed by atoms with Crippen LogP contribution in [0.25, 0.3) is 5.00 Å². The summed E-state index contributed by atoms with van der Waals surface area (Å²) in [4.78, 5) is 12.2. The molecule has 0 saturated heterocycles. The van der Waals surface area contributed by atoms with Crippen LogP contribution in [0.3, 0.4) is 0 Å². The third-order valence-electron chi connectivity index (χ3n) is 2.63. The SMILES string of the molecule is O=c1n(Cc2ccccc2Br)nnn1-c1cccs1. The third kappa shape index (κ3) is 2.39. The van der Waals surface area contributed by atoms with Gasteiger partial charge in [0.1, 0.15) is 5.00 Å². The second-order valence-electron chi connectivity index (χ2n) is 3.87. The van der Waals surface area contributed by atoms with E-state index in [9.17, 15) is 4.79 Å². The van der Waals surface area contributed by atoms with Gasteiger partial charge < -0.3 is 0 Å². The molecule has 3 rings (SSSR count). The van der Waals surface area contributed by atoms with Gasteiger partial charge in [-0.05, 0) is 39.6 Å². The van der Waals surface area contributed by atoms with Gasteiger partial charge in [0.05, 0.1) is 6.54 Å². The second-order valence-corrected chi connectivity index (χ2v) is 5.65. The molecule has 0 radical (unpaired) electrons. The fourth-order valence-electron chi connectivity index (χ4n) is 1.69. The van der Waals surface area contributed by atoms with E-state index in [1.807, 2.05) is 41.8 Å². The molecular formula is C12H9BrN4OS. The van der Waals surface area contributed by atoms with Crippen LogP contribution < -0.4 is 5.69 Å². The highest BCUT2D eigenvalue weighted by atomic mass is 79.9. The van der Waals surface area contributed by atoms with Crippen molar-refractivity contribution in [3.05, 3.63) is 62.3 Å². The smallest absolute Gasteiger partial charge is 0.244 e. The maximum atomic E-state index is 12.2. The lowest BCUT2D eigenvalue weighted by atomic mass is 10.2. The summed E-state index contributed by atoms with van der Waals surface area (Å²) in [5.41, 5.74) is 0.751. The average Bonchev–Trinajstić information content (AvgIpc) is 3.03. The Morgan fingerprint density at radius 2 is 2.00 bits per heavy atom. The first kappa shape index (κ1) is 12.3. The van der Waals surface area contributed by atoms with E-state index in [-0.39, 0.29) is 5.69 Å². The first-order valence-corrected chi connectivity index (χ1v) is 7.23. The van der Waals surface area contributed by atoms with Gasteiger partial charge in [-0.2, -0.15) is 9.36 Å². The Balaban J connectivity index is 1.96. The molecule has 0 N–H and O–H groups in total. The molecular weight excluding hydrogens is 328 g/mol. The Hall–Kier alpha value is -1.73. The van der Waals surface area contributed by atoms with Crippen molar-refractivity contribution < 1.29 is 0 Å². The topological polar surface area (TPSA) is 52.7 Å². The molecule has 0 spiro atoms. The molecule has 0 aliphatic rings. The van der Waals surface area contributed by atoms with Crippen LogP contribution in [0.1, 0.15) is 5.56 Å². The molecule has 0 aliphatic heterocycles. The molecule has 7 heteroatoms. The Kier molecular flexibility index (Phi) is 3.31. The van der Waals surface area contributed by atoms with Crippen LogP contribution in [-0.2, 0) is 6.54 Å². The van der Waals surface area contributed by atoms with Gasteiger partial charge in [0, 0.05) is 4.47 Å². The molecule has 0 bridgehead atoms. The second kappa shape index (κ2) is 5.10. The van der Waals surface area contributed by atoms with Crippen LogP contribution in [0.4, 0.5) is 0 Å². The van der Waals surface area contributed by atoms with Gasteiger partial charge in [-0.15, -0.1) is 11.3 Å². The number of nitrogens with zero attached hydrogens (tertiary/aromatic N) is 4. The minimum Gasteiger partial charge on any atom is -0.244 e. The highest BCUT2D eigenvalue weighted by molar-refractivity contribution is 9.10. The molecule has 0 saturated carbocycles. The van der Waals surface area contributed by atoms with E-state index in [2.05, 4.69) is 26.4 Å². The molecule has 19 heavy (non-hydrogen) atoms. The average molecular weight is 337 g/mol. The van der Waals surface area contributed by atoms with E-state index >= 15 is 0 Å². The zero-order valence-corrected chi connectivity index (χ0v) is 12.1. The summed E-state index contributed by atoms with van der Waals surface area (Å²) in [6.45, 7) is 0.394. The zero-order valence-electron chi connectivity index (χ0n) is 9.73. The normalized spacial score (nSPS) is 10.8. The molecule has 5 nitrogen and oxygen atoms in total. The Labute approximate surface area is 121 Å². The van der Waals surface area contributed by atoms with E-state index < -0.39 is 0 Å². The van der Waals surface area contributed by atoms with Crippen LogP contribution in [0.15, 0.2) is 51.0 Å². The van der Waals surface area contributed by atoms with Crippen LogP contribution in [0.5, 0.6) is 0 Å². The first-order chi connectivity index (χ1) is 9.25. The Morgan fingerprint density at radius 1 is 1.16 bits per heavy atom. The number of benzene rings is 1. The Bertz CT molecular complexity index is 747. The fourth-order valence-corrected chi connectivity index (χ4v) is 2.77. The van der Waals surface area contributed by atoms with E-state index in [1.54, 1.807) is 0 Å². The predicted molar refractivity (Wildman–Crippen MR) is 76.7 cm³/mol. The standard InChI is InChI=1S/C12H9BrN4OS/c13-10-5-2-1-4-9(10)8-16-12(18)17(15-14-16)11-6-3-7-19-11/h1-7H,8H2. The highest BCUT2D eigenvalue weighted by Gasteiger charge is 2.10. The van der Waals surface area contributed by atoms with Crippen molar-refractivity contribution in [2.24, 2.45) is 0 Å². The largest absolute Gasteiger partial charge is 0.369 e. The summed E-state index contributed by atoms with van der Waals surface area (Å²) in [5.74, 6) is 0. The Morgan fingerprint density at radius 3 is 2.74 bits per heavy atom. The van der Waals surface area contributed by atoms with Crippen molar-refractivity contribution in [1.29, 1.82) is 0 Å². The predicted octanol–water partition coefficient (Wildman–Crippen LogP) is 2.30. The summed E-state index contributed by atoms with van der Waals surface area (Å²) in [6, 6.07) is 11.4. The lowest BCUT2D eigenvalue weighted by Crippen LogP contribution is -2.24. The number of tetrazole rings is 1. The van der Waals surface area contributed by atoms with Gasteiger partial charge in [0.2, 0.25) is 0 Å². The number of aromatic nitrogens is 4. The van der Waals surface area contributed by atoms with Crippen LogP contribution in [-0.4, -0.2) is 19.8 Å². The number of halogens is 1. The van der Waals surface area contributed by atoms with Crippen molar-refractivity contribution in [2.45, 2.75) is 6.54 Å². The number of rotatable bonds is 3. The molecule has 0 aliphatic carbocycles. The zero-order chi connectivity index (χ0) is 13.2. The summed E-state index contributed by atoms with van der Waals surface area (Å²) >= 11 is 4.91.